The summed E-state index contributed by atoms with van der Waals surface area (Å²) >= 11 is 6.07. The van der Waals surface area contributed by atoms with Crippen LogP contribution >= 0.6 is 22.9 Å². The first-order valence-electron chi connectivity index (χ1n) is 4.50. The summed E-state index contributed by atoms with van der Waals surface area (Å²) in [5.74, 6) is -3.31. The zero-order chi connectivity index (χ0) is 15.0. The van der Waals surface area contributed by atoms with E-state index in [0.29, 0.717) is 11.3 Å². The van der Waals surface area contributed by atoms with E-state index in [1.54, 1.807) is 0 Å². The van der Waals surface area contributed by atoms with E-state index in [4.69, 9.17) is 21.8 Å². The Kier molecular flexibility index (Phi) is 4.53. The highest BCUT2D eigenvalue weighted by molar-refractivity contribution is 7.89. The fourth-order valence-electron chi connectivity index (χ4n) is 1.13. The number of carboxylic acid groups (broad SMARTS) is 2. The van der Waals surface area contributed by atoms with Gasteiger partial charge in [0.25, 0.3) is 0 Å². The maximum absolute atomic E-state index is 12.0. The minimum Gasteiger partial charge on any atom is -0.478 e. The zero-order valence-electron chi connectivity index (χ0n) is 9.27. The number of sulfonamides is 1. The largest absolute Gasteiger partial charge is 0.478 e. The predicted octanol–water partition coefficient (Wildman–Crippen LogP) is 0.123. The van der Waals surface area contributed by atoms with Gasteiger partial charge < -0.3 is 15.3 Å². The molecule has 0 aromatic carbocycles. The first-order chi connectivity index (χ1) is 8.59. The number of hydrogen-bond donors (Lipinski definition) is 3. The van der Waals surface area contributed by atoms with Crippen LogP contribution in [-0.2, 0) is 14.8 Å². The Morgan fingerprint density at radius 1 is 1.42 bits per heavy atom. The number of hydrogen-bond acceptors (Lipinski definition) is 6. The minimum absolute atomic E-state index is 0.0887. The van der Waals surface area contributed by atoms with Crippen LogP contribution < -0.4 is 0 Å². The molecule has 0 aliphatic carbocycles. The minimum atomic E-state index is -4.49. The molecule has 1 heterocycles. The molecule has 0 fully saturated rings. The lowest BCUT2D eigenvalue weighted by molar-refractivity contribution is -0.152. The van der Waals surface area contributed by atoms with Crippen LogP contribution in [0.2, 0.25) is 4.34 Å². The fourth-order valence-corrected chi connectivity index (χ4v) is 3.92. The number of carbonyl (C=O) groups is 2. The van der Waals surface area contributed by atoms with Gasteiger partial charge in [0.15, 0.2) is 0 Å². The molecule has 3 N–H and O–H groups in total. The highest BCUT2D eigenvalue weighted by atomic mass is 35.5. The fraction of sp³-hybridized carbons (Fsp3) is 0.250. The first kappa shape index (κ1) is 15.9. The van der Waals surface area contributed by atoms with Gasteiger partial charge >= 0.3 is 11.9 Å². The molecule has 1 aromatic rings. The summed E-state index contributed by atoms with van der Waals surface area (Å²) in [5, 5.41) is 26.6. The Bertz CT molecular complexity index is 623. The van der Waals surface area contributed by atoms with Crippen LogP contribution in [0, 0.1) is 0 Å². The second-order valence-electron chi connectivity index (χ2n) is 3.28. The lowest BCUT2D eigenvalue weighted by Gasteiger charge is -2.19. The van der Waals surface area contributed by atoms with Gasteiger partial charge in [-0.25, -0.2) is 18.0 Å². The van der Waals surface area contributed by atoms with Crippen LogP contribution in [-0.4, -0.2) is 53.3 Å². The average molecular weight is 330 g/mol. The maximum Gasteiger partial charge on any atom is 0.349 e. The van der Waals surface area contributed by atoms with Crippen molar-refractivity contribution in [3.8, 4) is 0 Å². The van der Waals surface area contributed by atoms with Gasteiger partial charge in [-0.05, 0) is 6.07 Å². The molecular weight excluding hydrogens is 322 g/mol. The lowest BCUT2D eigenvalue weighted by Crippen LogP contribution is -2.42. The van der Waals surface area contributed by atoms with Crippen molar-refractivity contribution in [3.05, 3.63) is 15.3 Å². The van der Waals surface area contributed by atoms with Crippen molar-refractivity contribution in [1.82, 2.24) is 4.31 Å². The van der Waals surface area contributed by atoms with Crippen LogP contribution in [0.4, 0.5) is 0 Å². The van der Waals surface area contributed by atoms with E-state index in [1.165, 1.54) is 0 Å². The van der Waals surface area contributed by atoms with Gasteiger partial charge in [-0.2, -0.15) is 4.31 Å². The SMILES string of the molecule is CN(C(O)C(=O)O)S(=O)(=O)c1cc(Cl)sc1C(=O)O. The van der Waals surface area contributed by atoms with E-state index >= 15 is 0 Å². The summed E-state index contributed by atoms with van der Waals surface area (Å²) < 4.78 is 24.1. The number of aromatic carboxylic acids is 1. The molecule has 8 nitrogen and oxygen atoms in total. The molecule has 1 unspecified atom stereocenters. The average Bonchev–Trinajstić information content (AvgIpc) is 2.70. The normalized spacial score (nSPS) is 13.5. The van der Waals surface area contributed by atoms with Crippen molar-refractivity contribution < 1.29 is 33.3 Å². The quantitative estimate of drug-likeness (QED) is 0.654. The van der Waals surface area contributed by atoms with E-state index in [1.807, 2.05) is 0 Å². The summed E-state index contributed by atoms with van der Waals surface area (Å²) in [5.41, 5.74) is 0. The molecule has 0 radical (unpaired) electrons. The van der Waals surface area contributed by atoms with Gasteiger partial charge in [0.05, 0.1) is 4.34 Å². The number of rotatable bonds is 5. The van der Waals surface area contributed by atoms with Crippen molar-refractivity contribution in [2.45, 2.75) is 11.1 Å². The monoisotopic (exact) mass is 329 g/mol. The number of aliphatic carboxylic acids is 1. The van der Waals surface area contributed by atoms with E-state index in [2.05, 4.69) is 0 Å². The smallest absolute Gasteiger partial charge is 0.349 e. The molecule has 0 saturated heterocycles. The molecule has 19 heavy (non-hydrogen) atoms. The van der Waals surface area contributed by atoms with Gasteiger partial charge in [0.1, 0.15) is 9.77 Å². The van der Waals surface area contributed by atoms with Crippen molar-refractivity contribution in [3.63, 3.8) is 0 Å². The molecule has 0 amide bonds. The molecule has 0 bridgehead atoms. The number of halogens is 1. The van der Waals surface area contributed by atoms with Crippen LogP contribution in [0.1, 0.15) is 9.67 Å². The molecule has 11 heteroatoms. The molecule has 0 aliphatic rings. The highest BCUT2D eigenvalue weighted by Crippen LogP contribution is 2.32. The van der Waals surface area contributed by atoms with Crippen LogP contribution in [0.25, 0.3) is 0 Å². The molecule has 0 spiro atoms. The summed E-state index contributed by atoms with van der Waals surface area (Å²) in [6.45, 7) is 0. The maximum atomic E-state index is 12.0. The topological polar surface area (TPSA) is 132 Å². The highest BCUT2D eigenvalue weighted by Gasteiger charge is 2.35. The van der Waals surface area contributed by atoms with Crippen molar-refractivity contribution in [2.75, 3.05) is 7.05 Å². The predicted molar refractivity (Wildman–Crippen MR) is 64.9 cm³/mol. The van der Waals surface area contributed by atoms with E-state index < -0.39 is 38.0 Å². The number of thiophene rings is 1. The van der Waals surface area contributed by atoms with E-state index in [-0.39, 0.29) is 8.64 Å². The van der Waals surface area contributed by atoms with Gasteiger partial charge in [-0.15, -0.1) is 11.3 Å². The summed E-state index contributed by atoms with van der Waals surface area (Å²) in [6.07, 6.45) is -2.33. The second-order valence-corrected chi connectivity index (χ2v) is 6.93. The Labute approximate surface area is 116 Å². The van der Waals surface area contributed by atoms with Gasteiger partial charge in [-0.3, -0.25) is 0 Å². The summed E-state index contributed by atoms with van der Waals surface area (Å²) in [4.78, 5) is 20.2. The number of aliphatic hydroxyl groups is 1. The third kappa shape index (κ3) is 3.04. The van der Waals surface area contributed by atoms with Gasteiger partial charge in [0.2, 0.25) is 16.3 Å². The third-order valence-corrected chi connectivity index (χ3v) is 5.30. The lowest BCUT2D eigenvalue weighted by atomic mass is 10.5. The molecule has 0 aliphatic heterocycles. The molecule has 1 atom stereocenters. The Morgan fingerprint density at radius 2 is 1.95 bits per heavy atom. The van der Waals surface area contributed by atoms with Crippen LogP contribution in [0.3, 0.4) is 0 Å². The summed E-state index contributed by atoms with van der Waals surface area (Å²) in [7, 11) is -3.68. The standard InChI is InChI=1S/C8H8ClNO7S2/c1-10(6(11)8(14)15)19(16,17)3-2-4(9)18-5(3)7(12)13/h2,6,11H,1H3,(H,12,13)(H,14,15). The second kappa shape index (κ2) is 5.43. The third-order valence-electron chi connectivity index (χ3n) is 2.08. The summed E-state index contributed by atoms with van der Waals surface area (Å²) in [6, 6.07) is 0.885. The number of nitrogens with zero attached hydrogens (tertiary/aromatic N) is 1. The Balaban J connectivity index is 3.36. The van der Waals surface area contributed by atoms with E-state index in [9.17, 15) is 23.1 Å². The number of likely N-dealkylation sites (N-methyl/N-ethyl adjacent to an activating group) is 1. The molecule has 106 valence electrons. The zero-order valence-corrected chi connectivity index (χ0v) is 11.7. The van der Waals surface area contributed by atoms with Crippen molar-refractivity contribution in [1.29, 1.82) is 0 Å². The first-order valence-corrected chi connectivity index (χ1v) is 7.14. The van der Waals surface area contributed by atoms with E-state index in [0.717, 1.165) is 13.1 Å². The van der Waals surface area contributed by atoms with Crippen LogP contribution in [0.15, 0.2) is 11.0 Å². The number of aliphatic hydroxyl groups excluding tert-OH is 1. The van der Waals surface area contributed by atoms with Crippen LogP contribution in [0.5, 0.6) is 0 Å². The van der Waals surface area contributed by atoms with Crippen molar-refractivity contribution >= 4 is 44.9 Å². The Morgan fingerprint density at radius 3 is 2.37 bits per heavy atom. The number of carboxylic acids is 2. The molecular formula is C8H8ClNO7S2. The van der Waals surface area contributed by atoms with Gasteiger partial charge in [-0.1, -0.05) is 11.6 Å². The molecule has 0 saturated carbocycles. The molecule has 1 aromatic heterocycles. The molecule has 1 rings (SSSR count). The van der Waals surface area contributed by atoms with Crippen molar-refractivity contribution in [2.24, 2.45) is 0 Å². The Hall–Kier alpha value is -1.20. The van der Waals surface area contributed by atoms with Gasteiger partial charge in [0, 0.05) is 7.05 Å².